The Balaban J connectivity index is 1.64. The standard InChI is InChI=1S/C18H23N3O3/c1-20(16-8-14(9-17(16)22)18(23)24-2)11-13-10-19-21(12-13)15-6-4-3-5-7-15/h3-7,10,12,14,16-17,22H,8-9,11H2,1-2H3. The van der Waals surface area contributed by atoms with E-state index >= 15 is 0 Å². The number of aliphatic hydroxyl groups is 1. The highest BCUT2D eigenvalue weighted by atomic mass is 16.5. The van der Waals surface area contributed by atoms with Gasteiger partial charge in [0.05, 0.1) is 31.0 Å². The van der Waals surface area contributed by atoms with E-state index in [-0.39, 0.29) is 17.9 Å². The average molecular weight is 329 g/mol. The number of aliphatic hydroxyl groups excluding tert-OH is 1. The zero-order valence-corrected chi connectivity index (χ0v) is 14.0. The Labute approximate surface area is 141 Å². The van der Waals surface area contributed by atoms with Crippen LogP contribution in [-0.4, -0.2) is 52.1 Å². The molecule has 1 saturated carbocycles. The molecule has 3 rings (SSSR count). The Morgan fingerprint density at radius 1 is 1.38 bits per heavy atom. The number of nitrogens with zero attached hydrogens (tertiary/aromatic N) is 3. The van der Waals surface area contributed by atoms with E-state index in [2.05, 4.69) is 10.00 Å². The molecule has 1 heterocycles. The smallest absolute Gasteiger partial charge is 0.308 e. The Kier molecular flexibility index (Phi) is 4.97. The van der Waals surface area contributed by atoms with E-state index in [1.54, 1.807) is 0 Å². The molecule has 0 bridgehead atoms. The number of carbonyl (C=O) groups is 1. The number of carbonyl (C=O) groups excluding carboxylic acids is 1. The number of rotatable bonds is 5. The van der Waals surface area contributed by atoms with Crippen molar-refractivity contribution in [2.45, 2.75) is 31.5 Å². The van der Waals surface area contributed by atoms with E-state index in [0.29, 0.717) is 19.4 Å². The molecule has 0 amide bonds. The highest BCUT2D eigenvalue weighted by molar-refractivity contribution is 5.72. The van der Waals surface area contributed by atoms with Gasteiger partial charge in [-0.05, 0) is 32.0 Å². The Morgan fingerprint density at radius 3 is 2.83 bits per heavy atom. The summed E-state index contributed by atoms with van der Waals surface area (Å²) < 4.78 is 6.64. The SMILES string of the molecule is COC(=O)C1CC(O)C(N(C)Cc2cnn(-c3ccccc3)c2)C1. The molecule has 1 aromatic carbocycles. The first-order valence-electron chi connectivity index (χ1n) is 8.13. The van der Waals surface area contributed by atoms with Gasteiger partial charge in [-0.3, -0.25) is 9.69 Å². The third-order valence-electron chi connectivity index (χ3n) is 4.69. The second-order valence-electron chi connectivity index (χ2n) is 6.37. The molecular formula is C18H23N3O3. The lowest BCUT2D eigenvalue weighted by Crippen LogP contribution is -2.37. The molecule has 6 heteroatoms. The minimum absolute atomic E-state index is 0.0471. The van der Waals surface area contributed by atoms with Crippen LogP contribution in [0.3, 0.4) is 0 Å². The van der Waals surface area contributed by atoms with Gasteiger partial charge in [0.25, 0.3) is 0 Å². The number of esters is 1. The van der Waals surface area contributed by atoms with Crippen LogP contribution in [0.2, 0.25) is 0 Å². The van der Waals surface area contributed by atoms with Crippen molar-refractivity contribution in [2.24, 2.45) is 5.92 Å². The summed E-state index contributed by atoms with van der Waals surface area (Å²) in [5.74, 6) is -0.452. The molecule has 2 aromatic rings. The topological polar surface area (TPSA) is 67.6 Å². The lowest BCUT2D eigenvalue weighted by Gasteiger charge is -2.26. The molecule has 128 valence electrons. The van der Waals surface area contributed by atoms with Crippen molar-refractivity contribution < 1.29 is 14.6 Å². The third kappa shape index (κ3) is 3.49. The molecule has 1 aliphatic rings. The van der Waals surface area contributed by atoms with Gasteiger partial charge in [0.1, 0.15) is 0 Å². The summed E-state index contributed by atoms with van der Waals surface area (Å²) >= 11 is 0. The molecule has 0 spiro atoms. The fourth-order valence-electron chi connectivity index (χ4n) is 3.40. The van der Waals surface area contributed by atoms with Crippen molar-refractivity contribution in [3.05, 3.63) is 48.3 Å². The van der Waals surface area contributed by atoms with Crippen LogP contribution in [0.1, 0.15) is 18.4 Å². The van der Waals surface area contributed by atoms with Crippen molar-refractivity contribution in [3.8, 4) is 5.69 Å². The van der Waals surface area contributed by atoms with Gasteiger partial charge in [-0.2, -0.15) is 5.10 Å². The van der Waals surface area contributed by atoms with Gasteiger partial charge in [0.15, 0.2) is 0 Å². The van der Waals surface area contributed by atoms with E-state index < -0.39 is 6.10 Å². The maximum atomic E-state index is 11.7. The summed E-state index contributed by atoms with van der Waals surface area (Å²) in [4.78, 5) is 13.8. The number of hydrogen-bond donors (Lipinski definition) is 1. The van der Waals surface area contributed by atoms with Crippen LogP contribution in [-0.2, 0) is 16.1 Å². The van der Waals surface area contributed by atoms with Gasteiger partial charge in [0, 0.05) is 24.3 Å². The van der Waals surface area contributed by atoms with E-state index in [1.807, 2.05) is 54.5 Å². The largest absolute Gasteiger partial charge is 0.469 e. The molecule has 3 atom stereocenters. The van der Waals surface area contributed by atoms with Gasteiger partial charge in [0.2, 0.25) is 0 Å². The van der Waals surface area contributed by atoms with Crippen LogP contribution in [0, 0.1) is 5.92 Å². The summed E-state index contributed by atoms with van der Waals surface area (Å²) in [6.45, 7) is 0.669. The highest BCUT2D eigenvalue weighted by Gasteiger charge is 2.39. The van der Waals surface area contributed by atoms with Crippen LogP contribution in [0.15, 0.2) is 42.7 Å². The molecule has 1 aromatic heterocycles. The fourth-order valence-corrected chi connectivity index (χ4v) is 3.40. The molecule has 6 nitrogen and oxygen atoms in total. The Morgan fingerprint density at radius 2 is 2.12 bits per heavy atom. The quantitative estimate of drug-likeness (QED) is 0.844. The minimum Gasteiger partial charge on any atom is -0.469 e. The zero-order chi connectivity index (χ0) is 17.1. The zero-order valence-electron chi connectivity index (χ0n) is 14.0. The summed E-state index contributed by atoms with van der Waals surface area (Å²) in [5, 5.41) is 14.7. The summed E-state index contributed by atoms with van der Waals surface area (Å²) in [5.41, 5.74) is 2.08. The molecule has 1 aliphatic carbocycles. The first-order chi connectivity index (χ1) is 11.6. The molecule has 1 fully saturated rings. The average Bonchev–Trinajstić information content (AvgIpc) is 3.21. The molecular weight excluding hydrogens is 306 g/mol. The van der Waals surface area contributed by atoms with Crippen molar-refractivity contribution in [3.63, 3.8) is 0 Å². The summed E-state index contributed by atoms with van der Waals surface area (Å²) in [6, 6.07) is 9.88. The molecule has 24 heavy (non-hydrogen) atoms. The Hall–Kier alpha value is -2.18. The van der Waals surface area contributed by atoms with Gasteiger partial charge in [-0.1, -0.05) is 18.2 Å². The number of methoxy groups -OCH3 is 1. The van der Waals surface area contributed by atoms with E-state index in [0.717, 1.165) is 11.3 Å². The van der Waals surface area contributed by atoms with E-state index in [9.17, 15) is 9.90 Å². The van der Waals surface area contributed by atoms with Gasteiger partial charge < -0.3 is 9.84 Å². The fraction of sp³-hybridized carbons (Fsp3) is 0.444. The van der Waals surface area contributed by atoms with Crippen LogP contribution in [0.4, 0.5) is 0 Å². The first kappa shape index (κ1) is 16.7. The monoisotopic (exact) mass is 329 g/mol. The minimum atomic E-state index is -0.511. The van der Waals surface area contributed by atoms with E-state index in [1.165, 1.54) is 7.11 Å². The van der Waals surface area contributed by atoms with Gasteiger partial charge >= 0.3 is 5.97 Å². The molecule has 0 aliphatic heterocycles. The third-order valence-corrected chi connectivity index (χ3v) is 4.69. The van der Waals surface area contributed by atoms with Crippen molar-refractivity contribution in [1.82, 2.24) is 14.7 Å². The summed E-state index contributed by atoms with van der Waals surface area (Å²) in [7, 11) is 3.36. The molecule has 1 N–H and O–H groups in total. The van der Waals surface area contributed by atoms with Crippen LogP contribution in [0.5, 0.6) is 0 Å². The van der Waals surface area contributed by atoms with Crippen molar-refractivity contribution in [1.29, 1.82) is 0 Å². The van der Waals surface area contributed by atoms with Crippen LogP contribution in [0.25, 0.3) is 5.69 Å². The predicted octanol–water partition coefficient (Wildman–Crippen LogP) is 1.62. The number of para-hydroxylation sites is 1. The molecule has 0 saturated heterocycles. The normalized spacial score (nSPS) is 23.6. The lowest BCUT2D eigenvalue weighted by atomic mass is 10.1. The lowest BCUT2D eigenvalue weighted by molar-refractivity contribution is -0.145. The van der Waals surface area contributed by atoms with E-state index in [4.69, 9.17) is 4.74 Å². The molecule has 0 radical (unpaired) electrons. The maximum Gasteiger partial charge on any atom is 0.308 e. The van der Waals surface area contributed by atoms with Crippen molar-refractivity contribution >= 4 is 5.97 Å². The number of aromatic nitrogens is 2. The Bertz CT molecular complexity index is 686. The number of likely N-dealkylation sites (N-methyl/N-ethyl adjacent to an activating group) is 1. The van der Waals surface area contributed by atoms with Crippen LogP contribution < -0.4 is 0 Å². The van der Waals surface area contributed by atoms with Gasteiger partial charge in [-0.25, -0.2) is 4.68 Å². The predicted molar refractivity (Wildman–Crippen MR) is 89.6 cm³/mol. The summed E-state index contributed by atoms with van der Waals surface area (Å²) in [6.07, 6.45) is 4.40. The maximum absolute atomic E-state index is 11.7. The number of ether oxygens (including phenoxy) is 1. The van der Waals surface area contributed by atoms with Crippen molar-refractivity contribution in [2.75, 3.05) is 14.2 Å². The second-order valence-corrected chi connectivity index (χ2v) is 6.37. The second kappa shape index (κ2) is 7.15. The number of hydrogen-bond acceptors (Lipinski definition) is 5. The molecule has 3 unspecified atom stereocenters. The van der Waals surface area contributed by atoms with Crippen LogP contribution >= 0.6 is 0 Å². The first-order valence-corrected chi connectivity index (χ1v) is 8.13. The highest BCUT2D eigenvalue weighted by Crippen LogP contribution is 2.30. The van der Waals surface area contributed by atoms with Gasteiger partial charge in [-0.15, -0.1) is 0 Å². The number of benzene rings is 1.